The SMILES string of the molecule is C[As+](C)(C)CCBr.[Br-]. The molecule has 0 aliphatic carbocycles. The third-order valence-electron chi connectivity index (χ3n) is 0.755. The third kappa shape index (κ3) is 10.5. The van der Waals surface area contributed by atoms with Gasteiger partial charge in [0.25, 0.3) is 0 Å². The fourth-order valence-electron chi connectivity index (χ4n) is 0.254. The fraction of sp³-hybridized carbons (Fsp3) is 1.00. The molecule has 0 saturated heterocycles. The molecule has 0 saturated carbocycles. The first kappa shape index (κ1) is 12.2. The van der Waals surface area contributed by atoms with Gasteiger partial charge in [0, 0.05) is 0 Å². The Morgan fingerprint density at radius 1 is 1.25 bits per heavy atom. The summed E-state index contributed by atoms with van der Waals surface area (Å²) in [5.41, 5.74) is 7.25. The predicted molar refractivity (Wildman–Crippen MR) is 41.9 cm³/mol. The van der Waals surface area contributed by atoms with Crippen LogP contribution >= 0.6 is 15.9 Å². The van der Waals surface area contributed by atoms with Crippen molar-refractivity contribution in [3.05, 3.63) is 0 Å². The van der Waals surface area contributed by atoms with Crippen LogP contribution in [-0.2, 0) is 0 Å². The number of hydrogen-bond donors (Lipinski definition) is 0. The van der Waals surface area contributed by atoms with Gasteiger partial charge in [-0.2, -0.15) is 0 Å². The molecule has 0 aromatic rings. The summed E-state index contributed by atoms with van der Waals surface area (Å²) in [6, 6.07) is 0. The molecule has 0 aliphatic heterocycles. The summed E-state index contributed by atoms with van der Waals surface area (Å²) in [5.74, 6) is 0. The molecule has 0 radical (unpaired) electrons. The van der Waals surface area contributed by atoms with Crippen molar-refractivity contribution < 1.29 is 17.0 Å². The maximum Gasteiger partial charge on any atom is -1.00 e. The van der Waals surface area contributed by atoms with E-state index in [0.717, 1.165) is 0 Å². The van der Waals surface area contributed by atoms with Crippen LogP contribution in [0.25, 0.3) is 0 Å². The van der Waals surface area contributed by atoms with Crippen molar-refractivity contribution in [1.29, 1.82) is 0 Å². The van der Waals surface area contributed by atoms with Crippen LogP contribution in [0.2, 0.25) is 22.3 Å². The summed E-state index contributed by atoms with van der Waals surface area (Å²) in [7, 11) is 0. The molecule has 0 rings (SSSR count). The summed E-state index contributed by atoms with van der Waals surface area (Å²) in [6.07, 6.45) is 0. The first-order valence-electron chi connectivity index (χ1n) is 2.43. The van der Waals surface area contributed by atoms with Crippen LogP contribution in [0.15, 0.2) is 0 Å². The quantitative estimate of drug-likeness (QED) is 0.486. The van der Waals surface area contributed by atoms with Crippen LogP contribution in [0.1, 0.15) is 0 Å². The van der Waals surface area contributed by atoms with Crippen LogP contribution in [0.3, 0.4) is 0 Å². The van der Waals surface area contributed by atoms with E-state index in [9.17, 15) is 0 Å². The molecule has 0 heterocycles. The molecule has 0 aromatic carbocycles. The Balaban J connectivity index is 0. The van der Waals surface area contributed by atoms with Gasteiger partial charge in [-0.05, 0) is 0 Å². The van der Waals surface area contributed by atoms with Crippen LogP contribution in [0, 0.1) is 0 Å². The molecule has 8 heavy (non-hydrogen) atoms. The number of halogens is 2. The van der Waals surface area contributed by atoms with E-state index < -0.39 is 13.6 Å². The van der Waals surface area contributed by atoms with Gasteiger partial charge in [-0.25, -0.2) is 0 Å². The molecular formula is C5H13AsBr2. The molecule has 0 fully saturated rings. The summed E-state index contributed by atoms with van der Waals surface area (Å²) >= 11 is 2.44. The van der Waals surface area contributed by atoms with Gasteiger partial charge in [-0.15, -0.1) is 0 Å². The zero-order chi connectivity index (χ0) is 5.91. The molecule has 0 N–H and O–H groups in total. The van der Waals surface area contributed by atoms with E-state index in [1.807, 2.05) is 0 Å². The van der Waals surface area contributed by atoms with E-state index in [1.54, 1.807) is 0 Å². The standard InChI is InChI=1S/C5H13AsBr.BrH/c1-6(2,3)4-5-7;/h4-5H2,1-3H3;1H/q+1;/p-1. The van der Waals surface area contributed by atoms with Gasteiger partial charge in [-0.1, -0.05) is 0 Å². The largest absolute Gasteiger partial charge is 1.00 e. The van der Waals surface area contributed by atoms with Gasteiger partial charge in [-0.3, -0.25) is 0 Å². The number of rotatable bonds is 2. The van der Waals surface area contributed by atoms with Gasteiger partial charge in [0.15, 0.2) is 0 Å². The monoisotopic (exact) mass is 306 g/mol. The minimum absolute atomic E-state index is 0. The molecule has 0 spiro atoms. The van der Waals surface area contributed by atoms with Gasteiger partial charge in [0.05, 0.1) is 0 Å². The minimum atomic E-state index is -0.991. The van der Waals surface area contributed by atoms with E-state index in [-0.39, 0.29) is 17.0 Å². The average molecular weight is 308 g/mol. The summed E-state index contributed by atoms with van der Waals surface area (Å²) in [5, 5.41) is 2.63. The Hall–Kier alpha value is 1.52. The molecule has 52 valence electrons. The molecule has 0 nitrogen and oxygen atoms in total. The smallest absolute Gasteiger partial charge is 1.00 e. The van der Waals surface area contributed by atoms with Gasteiger partial charge >= 0.3 is 57.2 Å². The minimum Gasteiger partial charge on any atom is -1.00 e. The maximum absolute atomic E-state index is 3.43. The summed E-state index contributed by atoms with van der Waals surface area (Å²) in [6.45, 7) is 0. The molecular weight excluding hydrogens is 295 g/mol. The predicted octanol–water partition coefficient (Wildman–Crippen LogP) is -0.277. The van der Waals surface area contributed by atoms with Crippen molar-refractivity contribution in [3.8, 4) is 0 Å². The zero-order valence-corrected chi connectivity index (χ0v) is 10.7. The average Bonchev–Trinajstić information content (AvgIpc) is 1.30. The van der Waals surface area contributed by atoms with Crippen LogP contribution in [0.4, 0.5) is 0 Å². The maximum atomic E-state index is 3.43. The summed E-state index contributed by atoms with van der Waals surface area (Å²) < 4.78 is 0. The van der Waals surface area contributed by atoms with Gasteiger partial charge in [0.2, 0.25) is 0 Å². The van der Waals surface area contributed by atoms with Crippen LogP contribution in [0.5, 0.6) is 0 Å². The van der Waals surface area contributed by atoms with Gasteiger partial charge in [0.1, 0.15) is 0 Å². The van der Waals surface area contributed by atoms with Crippen LogP contribution in [-0.4, -0.2) is 18.9 Å². The van der Waals surface area contributed by atoms with Gasteiger partial charge < -0.3 is 17.0 Å². The van der Waals surface area contributed by atoms with Crippen molar-refractivity contribution in [2.24, 2.45) is 0 Å². The first-order valence-corrected chi connectivity index (χ1v) is 10.5. The Kier molecular flexibility index (Phi) is 8.12. The summed E-state index contributed by atoms with van der Waals surface area (Å²) in [4.78, 5) is 0. The molecule has 0 atom stereocenters. The molecule has 0 aromatic heterocycles. The molecule has 3 heteroatoms. The topological polar surface area (TPSA) is 0 Å². The molecule has 0 unspecified atom stereocenters. The van der Waals surface area contributed by atoms with E-state index in [4.69, 9.17) is 0 Å². The Bertz CT molecular complexity index is 48.9. The second-order valence-electron chi connectivity index (χ2n) is 2.70. The van der Waals surface area contributed by atoms with Crippen molar-refractivity contribution >= 4 is 29.5 Å². The first-order chi connectivity index (χ1) is 3.06. The second-order valence-corrected chi connectivity index (χ2v) is 14.0. The van der Waals surface area contributed by atoms with E-state index >= 15 is 0 Å². The van der Waals surface area contributed by atoms with Crippen molar-refractivity contribution in [2.45, 2.75) is 22.3 Å². The molecule has 0 amide bonds. The third-order valence-corrected chi connectivity index (χ3v) is 5.77. The normalized spacial score (nSPS) is 10.5. The van der Waals surface area contributed by atoms with E-state index in [2.05, 4.69) is 33.1 Å². The molecule has 0 bridgehead atoms. The van der Waals surface area contributed by atoms with Crippen molar-refractivity contribution in [2.75, 3.05) is 5.33 Å². The molecule has 0 aliphatic rings. The van der Waals surface area contributed by atoms with Crippen molar-refractivity contribution in [3.63, 3.8) is 0 Å². The van der Waals surface area contributed by atoms with E-state index in [0.29, 0.717) is 0 Å². The van der Waals surface area contributed by atoms with Crippen LogP contribution < -0.4 is 17.0 Å². The van der Waals surface area contributed by atoms with Crippen molar-refractivity contribution in [1.82, 2.24) is 0 Å². The number of alkyl halides is 1. The Labute approximate surface area is 73.8 Å². The Morgan fingerprint density at radius 2 is 1.62 bits per heavy atom. The zero-order valence-electron chi connectivity index (χ0n) is 5.62. The second kappa shape index (κ2) is 5.31. The fourth-order valence-corrected chi connectivity index (χ4v) is 6.85. The Morgan fingerprint density at radius 3 is 1.62 bits per heavy atom. The van der Waals surface area contributed by atoms with E-state index in [1.165, 1.54) is 10.5 Å². The number of hydrogen-bond acceptors (Lipinski definition) is 0.